The van der Waals surface area contributed by atoms with Crippen molar-refractivity contribution in [2.24, 2.45) is 0 Å². The van der Waals surface area contributed by atoms with Crippen LogP contribution in [0, 0.1) is 5.82 Å². The number of anilines is 1. The number of ketones is 1. The highest BCUT2D eigenvalue weighted by Crippen LogP contribution is 2.66. The van der Waals surface area contributed by atoms with Gasteiger partial charge >= 0.3 is 23.9 Å². The summed E-state index contributed by atoms with van der Waals surface area (Å²) in [6, 6.07) is 6.66. The van der Waals surface area contributed by atoms with Gasteiger partial charge < -0.3 is 39.9 Å². The Bertz CT molecular complexity index is 1810. The molecule has 2 aliphatic rings. The zero-order valence-electron chi connectivity index (χ0n) is 26.9. The number of hydrogen-bond donors (Lipinski definition) is 5. The molecule has 4 rings (SSSR count). The van der Waals surface area contributed by atoms with Gasteiger partial charge in [-0.25, -0.2) is 8.78 Å². The molecule has 14 nitrogen and oxygen atoms in total. The van der Waals surface area contributed by atoms with Crippen molar-refractivity contribution in [1.82, 2.24) is 4.90 Å². The first-order valence-electron chi connectivity index (χ1n) is 14.8. The fourth-order valence-electron chi connectivity index (χ4n) is 5.59. The van der Waals surface area contributed by atoms with Crippen LogP contribution in [0.3, 0.4) is 0 Å². The zero-order valence-corrected chi connectivity index (χ0v) is 27.7. The minimum Gasteiger partial charge on any atom is -0.505 e. The Morgan fingerprint density at radius 3 is 2.04 bits per heavy atom. The highest BCUT2D eigenvalue weighted by Gasteiger charge is 2.38. The summed E-state index contributed by atoms with van der Waals surface area (Å²) in [7, 11) is -2.09. The predicted molar refractivity (Wildman–Crippen MR) is 176 cm³/mol. The Morgan fingerprint density at radius 1 is 0.820 bits per heavy atom. The van der Waals surface area contributed by atoms with E-state index in [0.29, 0.717) is 20.9 Å². The molecule has 0 amide bonds. The lowest BCUT2D eigenvalue weighted by molar-refractivity contribution is -0.142. The second kappa shape index (κ2) is 15.5. The number of carboxylic acids is 4. The number of phenols is 1. The maximum Gasteiger partial charge on any atom is 0.323 e. The minimum absolute atomic E-state index is 0.0278. The van der Waals surface area contributed by atoms with Crippen LogP contribution in [0.5, 0.6) is 11.5 Å². The number of ether oxygens (including phenoxy) is 2. The van der Waals surface area contributed by atoms with Crippen LogP contribution in [0.1, 0.15) is 11.1 Å². The maximum absolute atomic E-state index is 14.9. The Morgan fingerprint density at radius 2 is 1.44 bits per heavy atom. The molecule has 268 valence electrons. The van der Waals surface area contributed by atoms with Gasteiger partial charge in [0.05, 0.1) is 32.0 Å². The van der Waals surface area contributed by atoms with Gasteiger partial charge in [-0.1, -0.05) is 6.07 Å². The molecule has 1 heterocycles. The number of aromatic hydroxyl groups is 1. The number of benzene rings is 2. The third kappa shape index (κ3) is 8.66. The second-order valence-corrected chi connectivity index (χ2v) is 15.1. The van der Waals surface area contributed by atoms with Gasteiger partial charge in [0.25, 0.3) is 0 Å². The number of nitrogens with zero attached hydrogens (tertiary/aromatic N) is 2. The topological polar surface area (TPSA) is 211 Å². The van der Waals surface area contributed by atoms with Crippen molar-refractivity contribution < 1.29 is 67.8 Å². The van der Waals surface area contributed by atoms with E-state index in [9.17, 15) is 48.1 Å². The van der Waals surface area contributed by atoms with E-state index >= 15 is 0 Å². The fraction of sp³-hybridized carbons (Fsp3) is 0.303. The largest absolute Gasteiger partial charge is 0.505 e. The first-order valence-corrected chi connectivity index (χ1v) is 17.3. The summed E-state index contributed by atoms with van der Waals surface area (Å²) in [6.07, 6.45) is 5.84. The summed E-state index contributed by atoms with van der Waals surface area (Å²) in [5, 5.41) is 47.3. The van der Waals surface area contributed by atoms with E-state index in [1.165, 1.54) is 30.3 Å². The molecule has 5 N–H and O–H groups in total. The highest BCUT2D eigenvalue weighted by molar-refractivity contribution is 8.36. The fourth-order valence-corrected chi connectivity index (χ4v) is 8.06. The number of aliphatic carboxylic acids is 4. The molecule has 50 heavy (non-hydrogen) atoms. The van der Waals surface area contributed by atoms with Crippen LogP contribution >= 0.6 is 10.0 Å². The third-order valence-electron chi connectivity index (χ3n) is 7.72. The summed E-state index contributed by atoms with van der Waals surface area (Å²) in [4.78, 5) is 61.0. The first kappa shape index (κ1) is 37.6. The van der Waals surface area contributed by atoms with Gasteiger partial charge in [0.2, 0.25) is 5.78 Å². The summed E-state index contributed by atoms with van der Waals surface area (Å²) in [5.74, 6) is -8.65. The van der Waals surface area contributed by atoms with Crippen LogP contribution in [-0.2, 0) is 28.7 Å². The molecular formula is C33H34F2N2O12S. The van der Waals surface area contributed by atoms with E-state index in [-0.39, 0.29) is 48.9 Å². The van der Waals surface area contributed by atoms with E-state index in [4.69, 9.17) is 19.7 Å². The van der Waals surface area contributed by atoms with E-state index in [0.717, 1.165) is 21.9 Å². The molecule has 0 fully saturated rings. The van der Waals surface area contributed by atoms with Gasteiger partial charge in [-0.15, -0.1) is 0 Å². The number of rotatable bonds is 17. The summed E-state index contributed by atoms with van der Waals surface area (Å²) < 4.78 is 41.2. The normalized spacial score (nSPS) is 15.4. The molecule has 0 atom stereocenters. The average molecular weight is 721 g/mol. The average Bonchev–Trinajstić information content (AvgIpc) is 3.00. The smallest absolute Gasteiger partial charge is 0.323 e. The molecule has 2 aromatic rings. The molecule has 17 heteroatoms. The minimum atomic E-state index is -2.09. The summed E-state index contributed by atoms with van der Waals surface area (Å²) >= 11 is 0. The standard InChI is InChI=1S/C33H34F2N2O12S/c1-50(2)27-12-24(38)21(34)10-19(27)33(20-11-22(35)25(39)13-28(20)50)18-3-4-23(37(16-31(44)45)17-32(46)47)26(9-18)49-8-7-48-6-5-36(14-29(40)41)15-30(42)43/h3-4,9-13,38H,5-8,14-17H2,1-2H3,(H,40,41)(H,42,43)(H,44,45)(H,46,47). The third-order valence-corrected chi connectivity index (χ3v) is 10.6. The first-order chi connectivity index (χ1) is 23.5. The molecule has 1 aliphatic carbocycles. The molecule has 0 spiro atoms. The van der Waals surface area contributed by atoms with Crippen molar-refractivity contribution in [3.05, 3.63) is 75.7 Å². The Labute approximate surface area is 285 Å². The molecular weight excluding hydrogens is 686 g/mol. The SMILES string of the molecule is CS1(C)C2=CC(=O)C(F)=CC2=C(c2ccc(N(CC(=O)O)CC(=O)O)c(OCCOCCN(CC(=O)O)CC(=O)O)c2)c2cc(F)c(O)cc21. The van der Waals surface area contributed by atoms with E-state index < -0.39 is 83.3 Å². The number of phenolic OH excluding ortho intramolecular Hbond substituents is 1. The number of hydrogen-bond acceptors (Lipinski definition) is 10. The molecule has 0 unspecified atom stereocenters. The Kier molecular flexibility index (Phi) is 11.7. The molecule has 2 aromatic carbocycles. The van der Waals surface area contributed by atoms with E-state index in [2.05, 4.69) is 0 Å². The Hall–Kier alpha value is -5.26. The lowest BCUT2D eigenvalue weighted by atomic mass is 9.89. The summed E-state index contributed by atoms with van der Waals surface area (Å²) in [5.41, 5.74) is 1.20. The summed E-state index contributed by atoms with van der Waals surface area (Å²) in [6.45, 7) is -2.94. The number of fused-ring (bicyclic) bond motifs is 2. The van der Waals surface area contributed by atoms with Gasteiger partial charge in [-0.05, 0) is 65.1 Å². The molecule has 0 radical (unpaired) electrons. The van der Waals surface area contributed by atoms with Crippen molar-refractivity contribution >= 4 is 50.9 Å². The molecule has 0 aromatic heterocycles. The monoisotopic (exact) mass is 720 g/mol. The molecule has 1 aliphatic heterocycles. The number of carboxylic acid groups (broad SMARTS) is 4. The van der Waals surface area contributed by atoms with Gasteiger partial charge in [0.1, 0.15) is 25.4 Å². The molecule has 0 bridgehead atoms. The van der Waals surface area contributed by atoms with Crippen LogP contribution in [0.2, 0.25) is 0 Å². The van der Waals surface area contributed by atoms with Gasteiger partial charge in [0.15, 0.2) is 17.4 Å². The highest BCUT2D eigenvalue weighted by atomic mass is 32.3. The number of carbonyl (C=O) groups excluding carboxylic acids is 1. The number of allylic oxidation sites excluding steroid dienone is 4. The van der Waals surface area contributed by atoms with Gasteiger partial charge in [-0.3, -0.25) is 28.9 Å². The van der Waals surface area contributed by atoms with Crippen molar-refractivity contribution in [1.29, 1.82) is 0 Å². The lowest BCUT2D eigenvalue weighted by Gasteiger charge is -2.43. The van der Waals surface area contributed by atoms with Crippen LogP contribution in [0.25, 0.3) is 5.57 Å². The lowest BCUT2D eigenvalue weighted by Crippen LogP contribution is -2.37. The number of carbonyl (C=O) groups is 5. The van der Waals surface area contributed by atoms with Crippen molar-refractivity contribution in [2.75, 3.05) is 70.0 Å². The van der Waals surface area contributed by atoms with Crippen molar-refractivity contribution in [3.63, 3.8) is 0 Å². The molecule has 0 saturated carbocycles. The van der Waals surface area contributed by atoms with E-state index in [1.807, 2.05) is 12.5 Å². The van der Waals surface area contributed by atoms with Gasteiger partial charge in [0, 0.05) is 22.4 Å². The maximum atomic E-state index is 14.9. The van der Waals surface area contributed by atoms with Crippen LogP contribution in [0.15, 0.2) is 63.7 Å². The predicted octanol–water partition coefficient (Wildman–Crippen LogP) is 2.93. The van der Waals surface area contributed by atoms with Crippen molar-refractivity contribution in [2.45, 2.75) is 4.90 Å². The quantitative estimate of drug-likeness (QED) is 0.149. The van der Waals surface area contributed by atoms with Crippen LogP contribution in [-0.4, -0.2) is 125 Å². The second-order valence-electron chi connectivity index (χ2n) is 11.6. The molecule has 0 saturated heterocycles. The van der Waals surface area contributed by atoms with Gasteiger partial charge in [-0.2, -0.15) is 10.0 Å². The van der Waals surface area contributed by atoms with Crippen molar-refractivity contribution in [3.8, 4) is 11.5 Å². The van der Waals surface area contributed by atoms with Crippen LogP contribution < -0.4 is 9.64 Å². The van der Waals surface area contributed by atoms with E-state index in [1.54, 1.807) is 0 Å². The van der Waals surface area contributed by atoms with Crippen LogP contribution in [0.4, 0.5) is 14.5 Å². The number of halogens is 2. The zero-order chi connectivity index (χ0) is 36.9. The Balaban J connectivity index is 1.75.